The molecular weight excluding hydrogens is 264 g/mol. The molecule has 21 heavy (non-hydrogen) atoms. The molecule has 0 unspecified atom stereocenters. The largest absolute Gasteiger partial charge is 0.271 e. The molecule has 1 aliphatic rings. The van der Waals surface area contributed by atoms with Crippen molar-refractivity contribution in [3.8, 4) is 11.3 Å². The molecule has 0 aliphatic heterocycles. The predicted octanol–water partition coefficient (Wildman–Crippen LogP) is 3.91. The SMILES string of the molecule is O=[N+]([O-])c1ccc2cc3c(nc2c1)-c1ccccc1CC3. The van der Waals surface area contributed by atoms with Crippen LogP contribution in [0.3, 0.4) is 0 Å². The summed E-state index contributed by atoms with van der Waals surface area (Å²) in [5, 5.41) is 11.9. The van der Waals surface area contributed by atoms with Crippen molar-refractivity contribution in [1.82, 2.24) is 4.98 Å². The summed E-state index contributed by atoms with van der Waals surface area (Å²) in [6.45, 7) is 0. The van der Waals surface area contributed by atoms with Gasteiger partial charge >= 0.3 is 0 Å². The highest BCUT2D eigenvalue weighted by Gasteiger charge is 2.18. The highest BCUT2D eigenvalue weighted by Crippen LogP contribution is 2.34. The summed E-state index contributed by atoms with van der Waals surface area (Å²) in [5.74, 6) is 0. The van der Waals surface area contributed by atoms with Crippen molar-refractivity contribution in [3.05, 3.63) is 69.8 Å². The molecule has 0 bridgehead atoms. The van der Waals surface area contributed by atoms with Gasteiger partial charge in [-0.15, -0.1) is 0 Å². The van der Waals surface area contributed by atoms with E-state index in [4.69, 9.17) is 4.98 Å². The number of rotatable bonds is 1. The molecule has 1 heterocycles. The first-order valence-electron chi connectivity index (χ1n) is 6.89. The van der Waals surface area contributed by atoms with Crippen LogP contribution in [0.25, 0.3) is 22.2 Å². The number of benzene rings is 2. The standard InChI is InChI=1S/C17H12N2O2/c20-19(21)14-8-7-12-9-13-6-5-11-3-1-2-4-15(11)17(13)18-16(12)10-14/h1-4,7-10H,5-6H2. The number of hydrogen-bond acceptors (Lipinski definition) is 3. The van der Waals surface area contributed by atoms with E-state index in [0.29, 0.717) is 5.52 Å². The van der Waals surface area contributed by atoms with E-state index in [-0.39, 0.29) is 10.6 Å². The molecule has 0 saturated carbocycles. The first-order chi connectivity index (χ1) is 10.2. The van der Waals surface area contributed by atoms with Gasteiger partial charge in [-0.3, -0.25) is 10.1 Å². The highest BCUT2D eigenvalue weighted by atomic mass is 16.6. The van der Waals surface area contributed by atoms with Crippen LogP contribution in [0.5, 0.6) is 0 Å². The van der Waals surface area contributed by atoms with E-state index in [1.165, 1.54) is 17.2 Å². The summed E-state index contributed by atoms with van der Waals surface area (Å²) in [6.07, 6.45) is 1.98. The van der Waals surface area contributed by atoms with Gasteiger partial charge in [0.2, 0.25) is 0 Å². The summed E-state index contributed by atoms with van der Waals surface area (Å²) in [7, 11) is 0. The number of hydrogen-bond donors (Lipinski definition) is 0. The molecule has 1 aliphatic carbocycles. The maximum absolute atomic E-state index is 10.9. The summed E-state index contributed by atoms with van der Waals surface area (Å²) in [4.78, 5) is 15.2. The molecule has 0 fully saturated rings. The quantitative estimate of drug-likeness (QED) is 0.500. The number of aromatic nitrogens is 1. The van der Waals surface area contributed by atoms with Gasteiger partial charge in [0.1, 0.15) is 0 Å². The van der Waals surface area contributed by atoms with Crippen LogP contribution >= 0.6 is 0 Å². The Labute approximate surface area is 121 Å². The second-order valence-electron chi connectivity index (χ2n) is 5.29. The lowest BCUT2D eigenvalue weighted by Gasteiger charge is -2.19. The Balaban J connectivity index is 1.99. The number of nitro benzene ring substituents is 1. The number of fused-ring (bicyclic) bond motifs is 4. The van der Waals surface area contributed by atoms with Crippen LogP contribution in [0, 0.1) is 10.1 Å². The first-order valence-corrected chi connectivity index (χ1v) is 6.89. The van der Waals surface area contributed by atoms with E-state index >= 15 is 0 Å². The monoisotopic (exact) mass is 276 g/mol. The van der Waals surface area contributed by atoms with Gasteiger partial charge in [-0.1, -0.05) is 24.3 Å². The van der Waals surface area contributed by atoms with Crippen LogP contribution in [0.4, 0.5) is 5.69 Å². The van der Waals surface area contributed by atoms with Crippen LogP contribution in [0.2, 0.25) is 0 Å². The van der Waals surface area contributed by atoms with Crippen molar-refractivity contribution in [2.24, 2.45) is 0 Å². The van der Waals surface area contributed by atoms with Crippen molar-refractivity contribution in [2.45, 2.75) is 12.8 Å². The lowest BCUT2D eigenvalue weighted by atomic mass is 9.88. The molecule has 4 heteroatoms. The van der Waals surface area contributed by atoms with Gasteiger partial charge in [-0.25, -0.2) is 4.98 Å². The zero-order valence-corrected chi connectivity index (χ0v) is 11.2. The number of aryl methyl sites for hydroxylation is 2. The molecule has 2 aromatic carbocycles. The number of pyridine rings is 1. The van der Waals surface area contributed by atoms with Crippen molar-refractivity contribution < 1.29 is 4.92 Å². The van der Waals surface area contributed by atoms with Crippen molar-refractivity contribution >= 4 is 16.6 Å². The predicted molar refractivity (Wildman–Crippen MR) is 81.2 cm³/mol. The van der Waals surface area contributed by atoms with Crippen molar-refractivity contribution in [2.75, 3.05) is 0 Å². The van der Waals surface area contributed by atoms with E-state index in [0.717, 1.165) is 29.5 Å². The fraction of sp³-hybridized carbons (Fsp3) is 0.118. The molecule has 102 valence electrons. The fourth-order valence-corrected chi connectivity index (χ4v) is 2.98. The third kappa shape index (κ3) is 1.88. The zero-order chi connectivity index (χ0) is 14.4. The Bertz CT molecular complexity index is 887. The average Bonchev–Trinajstić information content (AvgIpc) is 2.52. The Kier molecular flexibility index (Phi) is 2.51. The minimum absolute atomic E-state index is 0.0824. The third-order valence-corrected chi connectivity index (χ3v) is 4.03. The Morgan fingerprint density at radius 3 is 2.67 bits per heavy atom. The van der Waals surface area contributed by atoms with Gasteiger partial charge in [-0.05, 0) is 36.1 Å². The number of nitro groups is 1. The minimum atomic E-state index is -0.380. The molecule has 0 atom stereocenters. The first kappa shape index (κ1) is 12.0. The Morgan fingerprint density at radius 2 is 1.81 bits per heavy atom. The minimum Gasteiger partial charge on any atom is -0.258 e. The van der Waals surface area contributed by atoms with Crippen LogP contribution in [-0.4, -0.2) is 9.91 Å². The van der Waals surface area contributed by atoms with Gasteiger partial charge in [0, 0.05) is 23.1 Å². The lowest BCUT2D eigenvalue weighted by molar-refractivity contribution is -0.384. The molecule has 0 N–H and O–H groups in total. The third-order valence-electron chi connectivity index (χ3n) is 4.03. The average molecular weight is 276 g/mol. The summed E-state index contributed by atoms with van der Waals surface area (Å²) in [6, 6.07) is 15.2. The zero-order valence-electron chi connectivity index (χ0n) is 11.2. The summed E-state index contributed by atoms with van der Waals surface area (Å²) < 4.78 is 0. The van der Waals surface area contributed by atoms with E-state index < -0.39 is 0 Å². The second kappa shape index (κ2) is 4.38. The topological polar surface area (TPSA) is 56.0 Å². The highest BCUT2D eigenvalue weighted by molar-refractivity contribution is 5.86. The molecule has 4 nitrogen and oxygen atoms in total. The van der Waals surface area contributed by atoms with Crippen molar-refractivity contribution in [3.63, 3.8) is 0 Å². The summed E-state index contributed by atoms with van der Waals surface area (Å²) in [5.41, 5.74) is 5.38. The van der Waals surface area contributed by atoms with Crippen molar-refractivity contribution in [1.29, 1.82) is 0 Å². The van der Waals surface area contributed by atoms with Crippen LogP contribution in [0.15, 0.2) is 48.5 Å². The smallest absolute Gasteiger partial charge is 0.258 e. The van der Waals surface area contributed by atoms with Crippen LogP contribution in [0.1, 0.15) is 11.1 Å². The maximum Gasteiger partial charge on any atom is 0.271 e. The molecule has 0 amide bonds. The van der Waals surface area contributed by atoms with Gasteiger partial charge in [0.25, 0.3) is 5.69 Å². The molecule has 3 aromatic rings. The second-order valence-corrected chi connectivity index (χ2v) is 5.29. The van der Waals surface area contributed by atoms with E-state index in [9.17, 15) is 10.1 Å². The van der Waals surface area contributed by atoms with Gasteiger partial charge in [0.15, 0.2) is 0 Å². The fourth-order valence-electron chi connectivity index (χ4n) is 2.98. The Morgan fingerprint density at radius 1 is 1.00 bits per heavy atom. The van der Waals surface area contributed by atoms with Crippen LogP contribution in [-0.2, 0) is 12.8 Å². The molecule has 0 radical (unpaired) electrons. The van der Waals surface area contributed by atoms with Gasteiger partial charge in [-0.2, -0.15) is 0 Å². The molecule has 1 aromatic heterocycles. The van der Waals surface area contributed by atoms with E-state index in [1.54, 1.807) is 12.1 Å². The lowest BCUT2D eigenvalue weighted by Crippen LogP contribution is -2.05. The Hall–Kier alpha value is -2.75. The molecular formula is C17H12N2O2. The molecule has 4 rings (SSSR count). The maximum atomic E-state index is 10.9. The van der Waals surface area contributed by atoms with Crippen LogP contribution < -0.4 is 0 Å². The normalized spacial score (nSPS) is 12.8. The molecule has 0 saturated heterocycles. The number of non-ortho nitro benzene ring substituents is 1. The van der Waals surface area contributed by atoms with Gasteiger partial charge in [0.05, 0.1) is 16.1 Å². The van der Waals surface area contributed by atoms with Gasteiger partial charge < -0.3 is 0 Å². The molecule has 0 spiro atoms. The van der Waals surface area contributed by atoms with E-state index in [1.807, 2.05) is 12.1 Å². The van der Waals surface area contributed by atoms with E-state index in [2.05, 4.69) is 18.2 Å². The number of nitrogens with zero attached hydrogens (tertiary/aromatic N) is 2. The summed E-state index contributed by atoms with van der Waals surface area (Å²) >= 11 is 0.